The summed E-state index contributed by atoms with van der Waals surface area (Å²) in [6, 6.07) is 0.399. The zero-order valence-corrected chi connectivity index (χ0v) is 17.1. The van der Waals surface area contributed by atoms with Crippen molar-refractivity contribution < 1.29 is 9.47 Å². The molecule has 0 amide bonds. The maximum Gasteiger partial charge on any atom is 0.223 e. The number of pyridine rings is 1. The van der Waals surface area contributed by atoms with E-state index < -0.39 is 0 Å². The summed E-state index contributed by atoms with van der Waals surface area (Å²) < 4.78 is 10.8. The van der Waals surface area contributed by atoms with Crippen molar-refractivity contribution in [2.24, 2.45) is 0 Å². The van der Waals surface area contributed by atoms with E-state index in [1.54, 1.807) is 7.11 Å². The highest BCUT2D eigenvalue weighted by Gasteiger charge is 2.34. The van der Waals surface area contributed by atoms with E-state index >= 15 is 0 Å². The van der Waals surface area contributed by atoms with Crippen LogP contribution in [-0.4, -0.2) is 54.4 Å². The molecule has 4 heterocycles. The Labute approximate surface area is 169 Å². The fraction of sp³-hybridized carbons (Fsp3) is 0.526. The molecule has 0 spiro atoms. The van der Waals surface area contributed by atoms with Crippen LogP contribution in [0.25, 0.3) is 0 Å². The number of methoxy groups -OCH3 is 1. The zero-order chi connectivity index (χ0) is 19.8. The Hall–Kier alpha value is -2.16. The molecule has 2 aromatic heterocycles. The number of ether oxygens (including phenoxy) is 2. The van der Waals surface area contributed by atoms with Gasteiger partial charge in [0.1, 0.15) is 16.7 Å². The third kappa shape index (κ3) is 3.47. The van der Waals surface area contributed by atoms with Gasteiger partial charge in [0.25, 0.3) is 0 Å². The van der Waals surface area contributed by atoms with Crippen molar-refractivity contribution in [3.05, 3.63) is 33.7 Å². The Morgan fingerprint density at radius 3 is 2.82 bits per heavy atom. The minimum Gasteiger partial charge on any atom is -0.496 e. The zero-order valence-electron chi connectivity index (χ0n) is 16.3. The van der Waals surface area contributed by atoms with Gasteiger partial charge in [-0.05, 0) is 13.8 Å². The monoisotopic (exact) mass is 404 g/mol. The first-order valence-electron chi connectivity index (χ1n) is 9.36. The second kappa shape index (κ2) is 7.69. The van der Waals surface area contributed by atoms with Gasteiger partial charge in [0, 0.05) is 41.9 Å². The van der Waals surface area contributed by atoms with E-state index in [4.69, 9.17) is 26.8 Å². The second-order valence-electron chi connectivity index (χ2n) is 7.38. The van der Waals surface area contributed by atoms with Crippen LogP contribution >= 0.6 is 11.6 Å². The van der Waals surface area contributed by atoms with Crippen LogP contribution in [0.1, 0.15) is 28.3 Å². The number of hydrogen-bond acceptors (Lipinski definition) is 8. The van der Waals surface area contributed by atoms with Crippen molar-refractivity contribution in [1.82, 2.24) is 20.3 Å². The van der Waals surface area contributed by atoms with Gasteiger partial charge in [-0.3, -0.25) is 4.98 Å². The van der Waals surface area contributed by atoms with Crippen molar-refractivity contribution in [2.45, 2.75) is 32.4 Å². The predicted octanol–water partition coefficient (Wildman–Crippen LogP) is 1.82. The van der Waals surface area contributed by atoms with Gasteiger partial charge < -0.3 is 25.4 Å². The van der Waals surface area contributed by atoms with Crippen molar-refractivity contribution in [2.75, 3.05) is 44.0 Å². The molecule has 0 aliphatic carbocycles. The fourth-order valence-electron chi connectivity index (χ4n) is 3.86. The molecule has 150 valence electrons. The van der Waals surface area contributed by atoms with Gasteiger partial charge in [-0.1, -0.05) is 11.6 Å². The summed E-state index contributed by atoms with van der Waals surface area (Å²) in [5.74, 6) is 2.01. The molecular weight excluding hydrogens is 380 g/mol. The topological polar surface area (TPSA) is 98.4 Å². The van der Waals surface area contributed by atoms with Gasteiger partial charge in [-0.15, -0.1) is 0 Å². The molecule has 8 nitrogen and oxygen atoms in total. The first kappa shape index (κ1) is 19.2. The van der Waals surface area contributed by atoms with Crippen molar-refractivity contribution >= 4 is 23.4 Å². The first-order valence-corrected chi connectivity index (χ1v) is 9.73. The molecule has 0 radical (unpaired) electrons. The smallest absolute Gasteiger partial charge is 0.223 e. The van der Waals surface area contributed by atoms with E-state index in [1.165, 1.54) is 0 Å². The van der Waals surface area contributed by atoms with E-state index in [1.807, 2.05) is 20.0 Å². The molecule has 9 heteroatoms. The molecule has 0 bridgehead atoms. The second-order valence-corrected chi connectivity index (χ2v) is 7.73. The van der Waals surface area contributed by atoms with Crippen molar-refractivity contribution in [3.8, 4) is 5.75 Å². The predicted molar refractivity (Wildman–Crippen MR) is 108 cm³/mol. The normalized spacial score (nSPS) is 18.9. The van der Waals surface area contributed by atoms with Gasteiger partial charge in [-0.25, -0.2) is 4.98 Å². The lowest BCUT2D eigenvalue weighted by atomic mass is 10.0. The maximum absolute atomic E-state index is 6.45. The Morgan fingerprint density at radius 1 is 1.36 bits per heavy atom. The summed E-state index contributed by atoms with van der Waals surface area (Å²) in [6.45, 7) is 7.68. The summed E-state index contributed by atoms with van der Waals surface area (Å²) in [7, 11) is 1.68. The molecule has 2 aromatic rings. The molecule has 1 atom stereocenters. The number of hydrogen-bond donors (Lipinski definition) is 2. The Bertz CT molecular complexity index is 889. The summed E-state index contributed by atoms with van der Waals surface area (Å²) in [5.41, 5.74) is 9.82. The highest BCUT2D eigenvalue weighted by atomic mass is 35.5. The lowest BCUT2D eigenvalue weighted by Crippen LogP contribution is -2.47. The van der Waals surface area contributed by atoms with E-state index in [0.717, 1.165) is 60.3 Å². The number of aryl methyl sites for hydroxylation is 1. The standard InChI is InChI=1S/C19H25ClN6O2/c1-10-4-23-14(11(2)16(10)27-3)7-26-6-12(5-22-13-8-28-9-13)15-17(20)24-19(21)25-18(15)26/h4,12-13,22H,5-9H2,1-3H3,(H2,21,24,25). The van der Waals surface area contributed by atoms with Crippen LogP contribution in [0.3, 0.4) is 0 Å². The van der Waals surface area contributed by atoms with Gasteiger partial charge in [-0.2, -0.15) is 4.98 Å². The average Bonchev–Trinajstić information content (AvgIpc) is 2.94. The largest absolute Gasteiger partial charge is 0.496 e. The molecule has 2 aliphatic rings. The van der Waals surface area contributed by atoms with Crippen LogP contribution in [0.2, 0.25) is 5.15 Å². The number of rotatable bonds is 6. The number of nitrogen functional groups attached to an aromatic ring is 1. The number of halogens is 1. The summed E-state index contributed by atoms with van der Waals surface area (Å²) >= 11 is 6.45. The van der Waals surface area contributed by atoms with Gasteiger partial charge in [0.15, 0.2) is 0 Å². The molecule has 4 rings (SSSR count). The molecule has 1 saturated heterocycles. The molecule has 0 aromatic carbocycles. The third-order valence-electron chi connectivity index (χ3n) is 5.43. The third-order valence-corrected chi connectivity index (χ3v) is 5.71. The summed E-state index contributed by atoms with van der Waals surface area (Å²) in [4.78, 5) is 15.5. The average molecular weight is 405 g/mol. The SMILES string of the molecule is COc1c(C)cnc(CN2CC(CNC3COC3)c3c(Cl)nc(N)nc32)c1C. The highest BCUT2D eigenvalue weighted by molar-refractivity contribution is 6.30. The van der Waals surface area contributed by atoms with Crippen LogP contribution in [0, 0.1) is 13.8 Å². The quantitative estimate of drug-likeness (QED) is 0.703. The van der Waals surface area contributed by atoms with Crippen LogP contribution in [0.15, 0.2) is 6.20 Å². The van der Waals surface area contributed by atoms with E-state index in [2.05, 4.69) is 25.2 Å². The van der Waals surface area contributed by atoms with E-state index in [0.29, 0.717) is 17.7 Å². The minimum absolute atomic E-state index is 0.177. The number of fused-ring (bicyclic) bond motifs is 1. The molecule has 2 aliphatic heterocycles. The molecule has 1 fully saturated rings. The Morgan fingerprint density at radius 2 is 2.14 bits per heavy atom. The van der Waals surface area contributed by atoms with Crippen molar-refractivity contribution in [3.63, 3.8) is 0 Å². The lowest BCUT2D eigenvalue weighted by Gasteiger charge is -2.28. The van der Waals surface area contributed by atoms with Gasteiger partial charge in [0.05, 0.1) is 38.6 Å². The Kier molecular flexibility index (Phi) is 5.27. The van der Waals surface area contributed by atoms with Gasteiger partial charge >= 0.3 is 0 Å². The summed E-state index contributed by atoms with van der Waals surface area (Å²) in [6.07, 6.45) is 1.84. The molecule has 28 heavy (non-hydrogen) atoms. The number of anilines is 2. The van der Waals surface area contributed by atoms with Crippen LogP contribution in [-0.2, 0) is 11.3 Å². The highest BCUT2D eigenvalue weighted by Crippen LogP contribution is 2.40. The molecule has 1 unspecified atom stereocenters. The summed E-state index contributed by atoms with van der Waals surface area (Å²) in [5, 5.41) is 3.96. The molecule has 3 N–H and O–H groups in total. The minimum atomic E-state index is 0.177. The number of nitrogens with one attached hydrogen (secondary N) is 1. The van der Waals surface area contributed by atoms with Gasteiger partial charge in [0.2, 0.25) is 5.95 Å². The molecular formula is C19H25ClN6O2. The van der Waals surface area contributed by atoms with E-state index in [-0.39, 0.29) is 11.9 Å². The first-order chi connectivity index (χ1) is 13.5. The fourth-order valence-corrected chi connectivity index (χ4v) is 4.19. The number of nitrogens with zero attached hydrogens (tertiary/aromatic N) is 4. The number of aromatic nitrogens is 3. The van der Waals surface area contributed by atoms with Crippen molar-refractivity contribution in [1.29, 1.82) is 0 Å². The van der Waals surface area contributed by atoms with Crippen LogP contribution in [0.4, 0.5) is 11.8 Å². The Balaban J connectivity index is 1.61. The maximum atomic E-state index is 6.45. The van der Waals surface area contributed by atoms with E-state index in [9.17, 15) is 0 Å². The molecule has 0 saturated carbocycles. The van der Waals surface area contributed by atoms with Crippen LogP contribution < -0.4 is 20.7 Å². The number of nitrogens with two attached hydrogens (primary N) is 1. The van der Waals surface area contributed by atoms with Crippen LogP contribution in [0.5, 0.6) is 5.75 Å². The lowest BCUT2D eigenvalue weighted by molar-refractivity contribution is -0.00533.